The number of rotatable bonds is 6. The molecule has 0 aromatic heterocycles. The third kappa shape index (κ3) is 4.11. The lowest BCUT2D eigenvalue weighted by Crippen LogP contribution is -2.21. The van der Waals surface area contributed by atoms with Crippen LogP contribution in [0.2, 0.25) is 0 Å². The first-order chi connectivity index (χ1) is 8.54. The van der Waals surface area contributed by atoms with Crippen molar-refractivity contribution in [3.05, 3.63) is 33.9 Å². The molecule has 0 aliphatic rings. The molecule has 0 spiro atoms. The largest absolute Gasteiger partial charge is 0.370 e. The van der Waals surface area contributed by atoms with Gasteiger partial charge >= 0.3 is 0 Å². The van der Waals surface area contributed by atoms with E-state index in [1.807, 2.05) is 0 Å². The molecular formula is C11H15N3O4. The predicted molar refractivity (Wildman–Crippen MR) is 66.3 cm³/mol. The van der Waals surface area contributed by atoms with Crippen LogP contribution in [0.5, 0.6) is 0 Å². The van der Waals surface area contributed by atoms with Crippen molar-refractivity contribution >= 4 is 17.3 Å². The Morgan fingerprint density at radius 1 is 1.56 bits per heavy atom. The van der Waals surface area contributed by atoms with E-state index < -0.39 is 4.92 Å². The van der Waals surface area contributed by atoms with Gasteiger partial charge in [0.15, 0.2) is 0 Å². The number of ether oxygens (including phenoxy) is 1. The molecule has 0 unspecified atom stereocenters. The van der Waals surface area contributed by atoms with E-state index in [0.717, 1.165) is 0 Å². The molecular weight excluding hydrogens is 238 g/mol. The van der Waals surface area contributed by atoms with Gasteiger partial charge in [-0.25, -0.2) is 0 Å². The summed E-state index contributed by atoms with van der Waals surface area (Å²) in [5.41, 5.74) is 6.36. The van der Waals surface area contributed by atoms with Crippen LogP contribution in [0, 0.1) is 17.0 Å². The van der Waals surface area contributed by atoms with Crippen LogP contribution in [0.3, 0.4) is 0 Å². The summed E-state index contributed by atoms with van der Waals surface area (Å²) in [6, 6.07) is 4.23. The van der Waals surface area contributed by atoms with Crippen molar-refractivity contribution in [3.63, 3.8) is 0 Å². The normalized spacial score (nSPS) is 10.1. The number of anilines is 1. The van der Waals surface area contributed by atoms with Crippen molar-refractivity contribution in [2.45, 2.75) is 6.92 Å². The zero-order valence-corrected chi connectivity index (χ0v) is 10.0. The maximum absolute atomic E-state index is 11.4. The van der Waals surface area contributed by atoms with Crippen molar-refractivity contribution in [2.24, 2.45) is 5.73 Å². The number of benzene rings is 1. The van der Waals surface area contributed by atoms with Crippen LogP contribution >= 0.6 is 0 Å². The summed E-state index contributed by atoms with van der Waals surface area (Å²) in [6.45, 7) is 2.26. The minimum Gasteiger partial charge on any atom is -0.370 e. The average Bonchev–Trinajstić information content (AvgIpc) is 2.32. The number of non-ortho nitro benzene ring substituents is 1. The molecule has 0 atom stereocenters. The molecule has 0 fully saturated rings. The monoisotopic (exact) mass is 253 g/mol. The zero-order chi connectivity index (χ0) is 13.5. The fourth-order valence-corrected chi connectivity index (χ4v) is 1.34. The number of nitro benzene ring substituents is 1. The van der Waals surface area contributed by atoms with Crippen LogP contribution in [0.15, 0.2) is 18.2 Å². The van der Waals surface area contributed by atoms with Crippen molar-refractivity contribution in [1.82, 2.24) is 0 Å². The van der Waals surface area contributed by atoms with Gasteiger partial charge in [0.05, 0.1) is 11.5 Å². The van der Waals surface area contributed by atoms with Gasteiger partial charge in [-0.2, -0.15) is 0 Å². The molecule has 0 saturated heterocycles. The zero-order valence-electron chi connectivity index (χ0n) is 10.0. The van der Waals surface area contributed by atoms with Crippen LogP contribution < -0.4 is 11.1 Å². The Morgan fingerprint density at radius 2 is 2.28 bits per heavy atom. The van der Waals surface area contributed by atoms with E-state index in [2.05, 4.69) is 5.32 Å². The predicted octanol–water partition coefficient (Wildman–Crippen LogP) is 0.817. The molecule has 0 aliphatic heterocycles. The Kier molecular flexibility index (Phi) is 5.22. The summed E-state index contributed by atoms with van der Waals surface area (Å²) < 4.78 is 4.97. The van der Waals surface area contributed by atoms with Gasteiger partial charge in [-0.1, -0.05) is 0 Å². The highest BCUT2D eigenvalue weighted by Gasteiger charge is 2.10. The number of aryl methyl sites for hydroxylation is 1. The maximum atomic E-state index is 11.4. The lowest BCUT2D eigenvalue weighted by atomic mass is 10.2. The number of nitrogens with two attached hydrogens (primary N) is 1. The highest BCUT2D eigenvalue weighted by molar-refractivity contribution is 5.92. The lowest BCUT2D eigenvalue weighted by Gasteiger charge is -2.08. The number of nitro groups is 1. The second-order valence-corrected chi connectivity index (χ2v) is 3.65. The van der Waals surface area contributed by atoms with Crippen LogP contribution in [0.4, 0.5) is 11.4 Å². The Morgan fingerprint density at radius 3 is 2.83 bits per heavy atom. The van der Waals surface area contributed by atoms with E-state index in [-0.39, 0.29) is 18.2 Å². The van der Waals surface area contributed by atoms with Crippen LogP contribution in [-0.2, 0) is 9.53 Å². The highest BCUT2D eigenvalue weighted by Crippen LogP contribution is 2.20. The summed E-state index contributed by atoms with van der Waals surface area (Å²) in [4.78, 5) is 21.5. The molecule has 1 amide bonds. The number of carbonyl (C=O) groups is 1. The SMILES string of the molecule is Cc1cc([N+](=O)[O-])ccc1NC(=O)COCCN. The average molecular weight is 253 g/mol. The van der Waals surface area contributed by atoms with E-state index in [1.54, 1.807) is 6.92 Å². The van der Waals surface area contributed by atoms with Crippen LogP contribution in [0.25, 0.3) is 0 Å². The minimum absolute atomic E-state index is 0.00937. The third-order valence-electron chi connectivity index (χ3n) is 2.19. The number of carbonyl (C=O) groups excluding carboxylic acids is 1. The smallest absolute Gasteiger partial charge is 0.269 e. The van der Waals surface area contributed by atoms with Gasteiger partial charge in [0.1, 0.15) is 6.61 Å². The molecule has 0 aliphatic carbocycles. The summed E-state index contributed by atoms with van der Waals surface area (Å²) in [5, 5.41) is 13.2. The first-order valence-electron chi connectivity index (χ1n) is 5.37. The van der Waals surface area contributed by atoms with Crippen molar-refractivity contribution in [3.8, 4) is 0 Å². The number of hydrogen-bond acceptors (Lipinski definition) is 5. The fourth-order valence-electron chi connectivity index (χ4n) is 1.34. The minimum atomic E-state index is -0.483. The van der Waals surface area contributed by atoms with Gasteiger partial charge in [0.2, 0.25) is 5.91 Å². The van der Waals surface area contributed by atoms with E-state index in [1.165, 1.54) is 18.2 Å². The fraction of sp³-hybridized carbons (Fsp3) is 0.364. The molecule has 0 saturated carbocycles. The lowest BCUT2D eigenvalue weighted by molar-refractivity contribution is -0.384. The molecule has 98 valence electrons. The van der Waals surface area contributed by atoms with Gasteiger partial charge in [0, 0.05) is 24.4 Å². The quantitative estimate of drug-likeness (QED) is 0.443. The molecule has 0 radical (unpaired) electrons. The Bertz CT molecular complexity index is 448. The molecule has 0 bridgehead atoms. The van der Waals surface area contributed by atoms with E-state index in [9.17, 15) is 14.9 Å². The van der Waals surface area contributed by atoms with Gasteiger partial charge < -0.3 is 15.8 Å². The summed E-state index contributed by atoms with van der Waals surface area (Å²) in [5.74, 6) is -0.319. The molecule has 3 N–H and O–H groups in total. The summed E-state index contributed by atoms with van der Waals surface area (Å²) in [7, 11) is 0. The molecule has 0 heterocycles. The van der Waals surface area contributed by atoms with Gasteiger partial charge in [-0.3, -0.25) is 14.9 Å². The second-order valence-electron chi connectivity index (χ2n) is 3.65. The van der Waals surface area contributed by atoms with Gasteiger partial charge in [0.25, 0.3) is 5.69 Å². The molecule has 1 aromatic carbocycles. The first-order valence-corrected chi connectivity index (χ1v) is 5.37. The maximum Gasteiger partial charge on any atom is 0.269 e. The molecule has 1 aromatic rings. The second kappa shape index (κ2) is 6.67. The Hall–Kier alpha value is -1.99. The Labute approximate surface area is 104 Å². The molecule has 7 heteroatoms. The van der Waals surface area contributed by atoms with Crippen LogP contribution in [0.1, 0.15) is 5.56 Å². The number of nitrogens with one attached hydrogen (secondary N) is 1. The summed E-state index contributed by atoms with van der Waals surface area (Å²) in [6.07, 6.45) is 0. The van der Waals surface area contributed by atoms with Crippen molar-refractivity contribution in [2.75, 3.05) is 25.1 Å². The highest BCUT2D eigenvalue weighted by atomic mass is 16.6. The van der Waals surface area contributed by atoms with Gasteiger partial charge in [-0.05, 0) is 18.6 Å². The van der Waals surface area contributed by atoms with Crippen molar-refractivity contribution in [1.29, 1.82) is 0 Å². The third-order valence-corrected chi connectivity index (χ3v) is 2.19. The number of amides is 1. The Balaban J connectivity index is 2.62. The molecule has 18 heavy (non-hydrogen) atoms. The van der Waals surface area contributed by atoms with E-state index in [4.69, 9.17) is 10.5 Å². The topological polar surface area (TPSA) is 107 Å². The standard InChI is InChI=1S/C11H15N3O4/c1-8-6-9(14(16)17)2-3-10(8)13-11(15)7-18-5-4-12/h2-3,6H,4-5,7,12H2,1H3,(H,13,15). The van der Waals surface area contributed by atoms with Crippen LogP contribution in [-0.4, -0.2) is 30.6 Å². The number of hydrogen-bond donors (Lipinski definition) is 2. The van der Waals surface area contributed by atoms with Gasteiger partial charge in [-0.15, -0.1) is 0 Å². The van der Waals surface area contributed by atoms with E-state index in [0.29, 0.717) is 24.4 Å². The summed E-state index contributed by atoms with van der Waals surface area (Å²) >= 11 is 0. The molecule has 1 rings (SSSR count). The first kappa shape index (κ1) is 14.1. The number of nitrogens with zero attached hydrogens (tertiary/aromatic N) is 1. The molecule has 7 nitrogen and oxygen atoms in total. The van der Waals surface area contributed by atoms with Crippen molar-refractivity contribution < 1.29 is 14.5 Å². The van der Waals surface area contributed by atoms with E-state index >= 15 is 0 Å².